The SMILES string of the molecule is CC(C)(C)NC(=O)NCC1=CCC=N1. The fraction of sp³-hybridized carbons (Fsp3) is 0.600. The second-order valence-corrected chi connectivity index (χ2v) is 4.30. The van der Waals surface area contributed by atoms with Gasteiger partial charge in [-0.15, -0.1) is 0 Å². The van der Waals surface area contributed by atoms with E-state index in [2.05, 4.69) is 15.6 Å². The van der Waals surface area contributed by atoms with E-state index in [1.807, 2.05) is 33.1 Å². The van der Waals surface area contributed by atoms with Crippen LogP contribution in [0, 0.1) is 0 Å². The summed E-state index contributed by atoms with van der Waals surface area (Å²) in [6.07, 6.45) is 4.70. The molecule has 0 saturated carbocycles. The van der Waals surface area contributed by atoms with Crippen LogP contribution in [-0.2, 0) is 0 Å². The highest BCUT2D eigenvalue weighted by molar-refractivity contribution is 5.75. The van der Waals surface area contributed by atoms with Gasteiger partial charge in [0.1, 0.15) is 0 Å². The summed E-state index contributed by atoms with van der Waals surface area (Å²) in [5, 5.41) is 5.56. The van der Waals surface area contributed by atoms with Crippen LogP contribution >= 0.6 is 0 Å². The molecular formula is C10H17N3O. The standard InChI is InChI=1S/C10H17N3O/c1-10(2,3)13-9(14)12-7-8-5-4-6-11-8/h5-6H,4,7H2,1-3H3,(H2,12,13,14). The second kappa shape index (κ2) is 4.26. The number of allylic oxidation sites excluding steroid dienone is 1. The number of carbonyl (C=O) groups is 1. The zero-order chi connectivity index (χ0) is 10.6. The predicted octanol–water partition coefficient (Wildman–Crippen LogP) is 1.44. The van der Waals surface area contributed by atoms with Crippen LogP contribution in [0.5, 0.6) is 0 Å². The highest BCUT2D eigenvalue weighted by Crippen LogP contribution is 2.03. The summed E-state index contributed by atoms with van der Waals surface area (Å²) >= 11 is 0. The first-order chi connectivity index (χ1) is 6.47. The monoisotopic (exact) mass is 195 g/mol. The highest BCUT2D eigenvalue weighted by atomic mass is 16.2. The van der Waals surface area contributed by atoms with Gasteiger partial charge in [0, 0.05) is 18.2 Å². The number of nitrogens with one attached hydrogen (secondary N) is 2. The fourth-order valence-corrected chi connectivity index (χ4v) is 1.08. The van der Waals surface area contributed by atoms with E-state index in [0.717, 1.165) is 12.1 Å². The number of hydrogen-bond donors (Lipinski definition) is 2. The van der Waals surface area contributed by atoms with Crippen LogP contribution in [-0.4, -0.2) is 24.3 Å². The van der Waals surface area contributed by atoms with E-state index in [1.165, 1.54) is 0 Å². The molecule has 0 aromatic rings. The summed E-state index contributed by atoms with van der Waals surface area (Å²) in [6, 6.07) is -0.152. The molecule has 1 heterocycles. The number of urea groups is 1. The number of aliphatic imine (C=N–C) groups is 1. The van der Waals surface area contributed by atoms with Crippen molar-refractivity contribution >= 4 is 12.2 Å². The average molecular weight is 195 g/mol. The van der Waals surface area contributed by atoms with Crippen molar-refractivity contribution in [3.63, 3.8) is 0 Å². The second-order valence-electron chi connectivity index (χ2n) is 4.30. The molecule has 0 bridgehead atoms. The molecule has 2 amide bonds. The molecular weight excluding hydrogens is 178 g/mol. The first kappa shape index (κ1) is 10.8. The first-order valence-corrected chi connectivity index (χ1v) is 4.75. The van der Waals surface area contributed by atoms with Crippen molar-refractivity contribution in [3.05, 3.63) is 11.8 Å². The lowest BCUT2D eigenvalue weighted by atomic mass is 10.1. The minimum atomic E-state index is -0.197. The van der Waals surface area contributed by atoms with Crippen molar-refractivity contribution in [1.29, 1.82) is 0 Å². The highest BCUT2D eigenvalue weighted by Gasteiger charge is 2.13. The van der Waals surface area contributed by atoms with E-state index < -0.39 is 0 Å². The zero-order valence-corrected chi connectivity index (χ0v) is 8.92. The van der Waals surface area contributed by atoms with Gasteiger partial charge in [-0.25, -0.2) is 4.79 Å². The Morgan fingerprint density at radius 3 is 2.79 bits per heavy atom. The Morgan fingerprint density at radius 1 is 1.57 bits per heavy atom. The maximum atomic E-state index is 11.3. The summed E-state index contributed by atoms with van der Waals surface area (Å²) in [6.45, 7) is 6.33. The van der Waals surface area contributed by atoms with Crippen molar-refractivity contribution in [2.24, 2.45) is 4.99 Å². The minimum absolute atomic E-state index is 0.152. The quantitative estimate of drug-likeness (QED) is 0.688. The maximum absolute atomic E-state index is 11.3. The Hall–Kier alpha value is -1.32. The van der Waals surface area contributed by atoms with Gasteiger partial charge in [-0.3, -0.25) is 4.99 Å². The van der Waals surface area contributed by atoms with E-state index in [9.17, 15) is 4.79 Å². The van der Waals surface area contributed by atoms with Gasteiger partial charge in [-0.05, 0) is 20.8 Å². The minimum Gasteiger partial charge on any atom is -0.334 e. The topological polar surface area (TPSA) is 53.5 Å². The van der Waals surface area contributed by atoms with Gasteiger partial charge in [0.25, 0.3) is 0 Å². The molecule has 0 aromatic heterocycles. The van der Waals surface area contributed by atoms with Crippen LogP contribution < -0.4 is 10.6 Å². The smallest absolute Gasteiger partial charge is 0.315 e. The molecule has 2 N–H and O–H groups in total. The van der Waals surface area contributed by atoms with Gasteiger partial charge >= 0.3 is 6.03 Å². The first-order valence-electron chi connectivity index (χ1n) is 4.75. The van der Waals surface area contributed by atoms with Crippen molar-refractivity contribution in [2.75, 3.05) is 6.54 Å². The number of amides is 2. The molecule has 0 aliphatic carbocycles. The molecule has 1 aliphatic rings. The molecule has 4 nitrogen and oxygen atoms in total. The molecule has 14 heavy (non-hydrogen) atoms. The van der Waals surface area contributed by atoms with Gasteiger partial charge in [-0.1, -0.05) is 6.08 Å². The molecule has 0 spiro atoms. The van der Waals surface area contributed by atoms with Gasteiger partial charge in [0.15, 0.2) is 0 Å². The summed E-state index contributed by atoms with van der Waals surface area (Å²) in [5.74, 6) is 0. The summed E-state index contributed by atoms with van der Waals surface area (Å²) in [4.78, 5) is 15.4. The van der Waals surface area contributed by atoms with Gasteiger partial charge in [0.05, 0.1) is 12.2 Å². The lowest BCUT2D eigenvalue weighted by Crippen LogP contribution is -2.46. The third kappa shape index (κ3) is 4.07. The van der Waals surface area contributed by atoms with Gasteiger partial charge in [-0.2, -0.15) is 0 Å². The molecule has 1 aliphatic heterocycles. The van der Waals surface area contributed by atoms with Crippen LogP contribution in [0.15, 0.2) is 16.8 Å². The third-order valence-corrected chi connectivity index (χ3v) is 1.63. The Bertz CT molecular complexity index is 274. The third-order valence-electron chi connectivity index (χ3n) is 1.63. The molecule has 78 valence electrons. The summed E-state index contributed by atoms with van der Waals surface area (Å²) in [7, 11) is 0. The maximum Gasteiger partial charge on any atom is 0.315 e. The zero-order valence-electron chi connectivity index (χ0n) is 8.92. The van der Waals surface area contributed by atoms with E-state index in [0.29, 0.717) is 6.54 Å². The van der Waals surface area contributed by atoms with Crippen LogP contribution in [0.3, 0.4) is 0 Å². The van der Waals surface area contributed by atoms with Crippen molar-refractivity contribution in [1.82, 2.24) is 10.6 Å². The van der Waals surface area contributed by atoms with Gasteiger partial charge in [0.2, 0.25) is 0 Å². The Balaban J connectivity index is 2.25. The number of rotatable bonds is 2. The lowest BCUT2D eigenvalue weighted by Gasteiger charge is -2.20. The van der Waals surface area contributed by atoms with Crippen LogP contribution in [0.2, 0.25) is 0 Å². The largest absolute Gasteiger partial charge is 0.334 e. The fourth-order valence-electron chi connectivity index (χ4n) is 1.08. The van der Waals surface area contributed by atoms with Gasteiger partial charge < -0.3 is 10.6 Å². The molecule has 0 saturated heterocycles. The summed E-state index contributed by atoms with van der Waals surface area (Å²) < 4.78 is 0. The van der Waals surface area contributed by atoms with E-state index in [4.69, 9.17) is 0 Å². The molecule has 0 aromatic carbocycles. The predicted molar refractivity (Wildman–Crippen MR) is 57.5 cm³/mol. The number of hydrogen-bond acceptors (Lipinski definition) is 2. The molecule has 0 unspecified atom stereocenters. The summed E-state index contributed by atoms with van der Waals surface area (Å²) in [5.41, 5.74) is 0.728. The number of nitrogens with zero attached hydrogens (tertiary/aromatic N) is 1. The van der Waals surface area contributed by atoms with Crippen LogP contribution in [0.1, 0.15) is 27.2 Å². The van der Waals surface area contributed by atoms with Crippen molar-refractivity contribution < 1.29 is 4.79 Å². The molecule has 0 radical (unpaired) electrons. The van der Waals surface area contributed by atoms with Crippen LogP contribution in [0.4, 0.5) is 4.79 Å². The Labute approximate surface area is 84.5 Å². The average Bonchev–Trinajstić information content (AvgIpc) is 2.49. The Kier molecular flexibility index (Phi) is 3.28. The van der Waals surface area contributed by atoms with Crippen molar-refractivity contribution in [2.45, 2.75) is 32.7 Å². The van der Waals surface area contributed by atoms with E-state index in [1.54, 1.807) is 0 Å². The van der Waals surface area contributed by atoms with Crippen molar-refractivity contribution in [3.8, 4) is 0 Å². The molecule has 0 atom stereocenters. The van der Waals surface area contributed by atoms with E-state index >= 15 is 0 Å². The molecule has 0 fully saturated rings. The molecule has 1 rings (SSSR count). The lowest BCUT2D eigenvalue weighted by molar-refractivity contribution is 0.233. The number of carbonyl (C=O) groups excluding carboxylic acids is 1. The normalized spacial score (nSPS) is 15.2. The molecule has 4 heteroatoms. The Morgan fingerprint density at radius 2 is 2.29 bits per heavy atom. The van der Waals surface area contributed by atoms with Crippen LogP contribution in [0.25, 0.3) is 0 Å². The van der Waals surface area contributed by atoms with E-state index in [-0.39, 0.29) is 11.6 Å².